The fourth-order valence-electron chi connectivity index (χ4n) is 2.87. The molecule has 0 aliphatic carbocycles. The lowest BCUT2D eigenvalue weighted by atomic mass is 10.1. The number of hydrogen-bond donors (Lipinski definition) is 1. The van der Waals surface area contributed by atoms with Gasteiger partial charge in [-0.2, -0.15) is 18.3 Å². The van der Waals surface area contributed by atoms with Crippen molar-refractivity contribution in [2.75, 3.05) is 18.4 Å². The van der Waals surface area contributed by atoms with Crippen LogP contribution >= 0.6 is 11.6 Å². The molecule has 1 aliphatic heterocycles. The standard InChI is InChI=1S/C18H18ClF3N4O3/c1-25-16(27)9-12(10-23-25)24-17(28)26-6-4-13(5-7-26)29-15-8-11(18(20,21)22)2-3-14(15)19/h2-3,8-10,13H,4-7H2,1H3,(H,24,28). The third-order valence-corrected chi connectivity index (χ3v) is 4.81. The summed E-state index contributed by atoms with van der Waals surface area (Å²) in [6, 6.07) is 3.80. The molecule has 0 radical (unpaired) electrons. The van der Waals surface area contributed by atoms with Crippen LogP contribution in [0, 0.1) is 0 Å². The van der Waals surface area contributed by atoms with Crippen LogP contribution in [-0.2, 0) is 13.2 Å². The molecule has 1 aromatic heterocycles. The van der Waals surface area contributed by atoms with E-state index in [-0.39, 0.29) is 28.1 Å². The molecule has 7 nitrogen and oxygen atoms in total. The predicted octanol–water partition coefficient (Wildman–Crippen LogP) is 3.53. The maximum absolute atomic E-state index is 12.9. The van der Waals surface area contributed by atoms with Crippen molar-refractivity contribution in [1.82, 2.24) is 14.7 Å². The van der Waals surface area contributed by atoms with Crippen LogP contribution in [0.3, 0.4) is 0 Å². The van der Waals surface area contributed by atoms with Gasteiger partial charge in [0, 0.05) is 39.0 Å². The van der Waals surface area contributed by atoms with E-state index >= 15 is 0 Å². The molecule has 0 bridgehead atoms. The zero-order valence-electron chi connectivity index (χ0n) is 15.4. The Labute approximate surface area is 169 Å². The lowest BCUT2D eigenvalue weighted by Crippen LogP contribution is -2.44. The molecular formula is C18H18ClF3N4O3. The minimum absolute atomic E-state index is 0.0319. The van der Waals surface area contributed by atoms with Crippen molar-refractivity contribution >= 4 is 23.3 Å². The number of carbonyl (C=O) groups excluding carboxylic acids is 1. The second-order valence-electron chi connectivity index (χ2n) is 6.58. The van der Waals surface area contributed by atoms with E-state index in [1.807, 2.05) is 0 Å². The number of halogens is 4. The van der Waals surface area contributed by atoms with Gasteiger partial charge in [-0.25, -0.2) is 9.48 Å². The number of piperidine rings is 1. The Bertz CT molecular complexity index is 956. The van der Waals surface area contributed by atoms with Gasteiger partial charge in [-0.3, -0.25) is 4.79 Å². The summed E-state index contributed by atoms with van der Waals surface area (Å²) in [6.07, 6.45) is -2.64. The van der Waals surface area contributed by atoms with Gasteiger partial charge in [-0.15, -0.1) is 0 Å². The van der Waals surface area contributed by atoms with Crippen LogP contribution in [0.4, 0.5) is 23.7 Å². The molecule has 0 saturated carbocycles. The Morgan fingerprint density at radius 2 is 1.97 bits per heavy atom. The first-order valence-electron chi connectivity index (χ1n) is 8.76. The Kier molecular flexibility index (Phi) is 6.02. The van der Waals surface area contributed by atoms with Gasteiger partial charge in [-0.05, 0) is 18.2 Å². The molecule has 1 fully saturated rings. The van der Waals surface area contributed by atoms with Gasteiger partial charge in [0.2, 0.25) is 0 Å². The molecule has 11 heteroatoms. The van der Waals surface area contributed by atoms with E-state index in [1.54, 1.807) is 0 Å². The monoisotopic (exact) mass is 430 g/mol. The normalized spacial score (nSPS) is 15.3. The number of anilines is 1. The number of urea groups is 1. The van der Waals surface area contributed by atoms with Crippen molar-refractivity contribution in [2.45, 2.75) is 25.1 Å². The van der Waals surface area contributed by atoms with E-state index in [9.17, 15) is 22.8 Å². The predicted molar refractivity (Wildman–Crippen MR) is 100 cm³/mol. The van der Waals surface area contributed by atoms with Gasteiger partial charge in [-0.1, -0.05) is 11.6 Å². The number of aryl methyl sites for hydroxylation is 1. The summed E-state index contributed by atoms with van der Waals surface area (Å²) in [5.41, 5.74) is -0.906. The van der Waals surface area contributed by atoms with Crippen LogP contribution in [0.5, 0.6) is 5.75 Å². The summed E-state index contributed by atoms with van der Waals surface area (Å²) in [4.78, 5) is 25.4. The van der Waals surface area contributed by atoms with E-state index in [0.29, 0.717) is 25.9 Å². The van der Waals surface area contributed by atoms with Crippen LogP contribution in [0.15, 0.2) is 35.3 Å². The van der Waals surface area contributed by atoms with Crippen LogP contribution in [0.2, 0.25) is 5.02 Å². The van der Waals surface area contributed by atoms with Gasteiger partial charge in [0.1, 0.15) is 11.9 Å². The number of carbonyl (C=O) groups is 1. The maximum atomic E-state index is 12.9. The van der Waals surface area contributed by atoms with Gasteiger partial charge in [0.25, 0.3) is 5.56 Å². The van der Waals surface area contributed by atoms with E-state index in [0.717, 1.165) is 22.9 Å². The number of nitrogens with zero attached hydrogens (tertiary/aromatic N) is 3. The number of benzene rings is 1. The highest BCUT2D eigenvalue weighted by atomic mass is 35.5. The molecule has 2 aromatic rings. The Hall–Kier alpha value is -2.75. The van der Waals surface area contributed by atoms with Crippen molar-refractivity contribution in [2.24, 2.45) is 7.05 Å². The number of amides is 2. The fraction of sp³-hybridized carbons (Fsp3) is 0.389. The van der Waals surface area contributed by atoms with Crippen molar-refractivity contribution < 1.29 is 22.7 Å². The maximum Gasteiger partial charge on any atom is 0.416 e. The lowest BCUT2D eigenvalue weighted by Gasteiger charge is -2.32. The molecule has 2 amide bonds. The average molecular weight is 431 g/mol. The molecule has 0 spiro atoms. The highest BCUT2D eigenvalue weighted by molar-refractivity contribution is 6.32. The molecule has 0 unspecified atom stereocenters. The quantitative estimate of drug-likeness (QED) is 0.808. The molecule has 1 N–H and O–H groups in total. The van der Waals surface area contributed by atoms with Gasteiger partial charge in [0.05, 0.1) is 22.5 Å². The topological polar surface area (TPSA) is 76.5 Å². The highest BCUT2D eigenvalue weighted by Crippen LogP contribution is 2.36. The Morgan fingerprint density at radius 1 is 1.28 bits per heavy atom. The van der Waals surface area contributed by atoms with Crippen LogP contribution in [-0.4, -0.2) is 39.9 Å². The Balaban J connectivity index is 1.57. The summed E-state index contributed by atoms with van der Waals surface area (Å²) in [7, 11) is 1.50. The van der Waals surface area contributed by atoms with Crippen LogP contribution < -0.4 is 15.6 Å². The minimum Gasteiger partial charge on any atom is -0.489 e. The number of likely N-dealkylation sites (tertiary alicyclic amines) is 1. The summed E-state index contributed by atoms with van der Waals surface area (Å²) in [5.74, 6) is -0.0319. The number of aromatic nitrogens is 2. The molecular weight excluding hydrogens is 413 g/mol. The molecule has 2 heterocycles. The van der Waals surface area contributed by atoms with Gasteiger partial charge < -0.3 is 15.0 Å². The van der Waals surface area contributed by atoms with E-state index in [4.69, 9.17) is 16.3 Å². The SMILES string of the molecule is Cn1ncc(NC(=O)N2CCC(Oc3cc(C(F)(F)F)ccc3Cl)CC2)cc1=O. The molecule has 3 rings (SSSR count). The Morgan fingerprint density at radius 3 is 2.59 bits per heavy atom. The van der Waals surface area contributed by atoms with E-state index in [2.05, 4.69) is 10.4 Å². The number of alkyl halides is 3. The van der Waals surface area contributed by atoms with Gasteiger partial charge in [0.15, 0.2) is 0 Å². The number of hydrogen-bond acceptors (Lipinski definition) is 4. The molecule has 29 heavy (non-hydrogen) atoms. The minimum atomic E-state index is -4.49. The first kappa shape index (κ1) is 21.0. The fourth-order valence-corrected chi connectivity index (χ4v) is 3.03. The summed E-state index contributed by atoms with van der Waals surface area (Å²) >= 11 is 5.96. The zero-order chi connectivity index (χ0) is 21.2. The van der Waals surface area contributed by atoms with E-state index < -0.39 is 17.8 Å². The van der Waals surface area contributed by atoms with Gasteiger partial charge >= 0.3 is 12.2 Å². The first-order valence-corrected chi connectivity index (χ1v) is 9.14. The van der Waals surface area contributed by atoms with Crippen LogP contribution in [0.1, 0.15) is 18.4 Å². The second-order valence-corrected chi connectivity index (χ2v) is 6.99. The largest absolute Gasteiger partial charge is 0.489 e. The third kappa shape index (κ3) is 5.20. The summed E-state index contributed by atoms with van der Waals surface area (Å²) in [5, 5.41) is 6.52. The number of ether oxygens (including phenoxy) is 1. The van der Waals surface area contributed by atoms with Crippen molar-refractivity contribution in [3.8, 4) is 5.75 Å². The molecule has 1 aliphatic rings. The summed E-state index contributed by atoms with van der Waals surface area (Å²) < 4.78 is 45.4. The molecule has 156 valence electrons. The molecule has 1 aromatic carbocycles. The smallest absolute Gasteiger partial charge is 0.416 e. The number of rotatable bonds is 3. The third-order valence-electron chi connectivity index (χ3n) is 4.50. The second kappa shape index (κ2) is 8.32. The van der Waals surface area contributed by atoms with Crippen LogP contribution in [0.25, 0.3) is 0 Å². The van der Waals surface area contributed by atoms with Crippen molar-refractivity contribution in [3.05, 3.63) is 51.4 Å². The first-order chi connectivity index (χ1) is 13.6. The van der Waals surface area contributed by atoms with Crippen molar-refractivity contribution in [1.29, 1.82) is 0 Å². The zero-order valence-corrected chi connectivity index (χ0v) is 16.1. The van der Waals surface area contributed by atoms with Crippen molar-refractivity contribution in [3.63, 3.8) is 0 Å². The lowest BCUT2D eigenvalue weighted by molar-refractivity contribution is -0.137. The molecule has 0 atom stereocenters. The average Bonchev–Trinajstić information content (AvgIpc) is 2.66. The highest BCUT2D eigenvalue weighted by Gasteiger charge is 2.32. The number of nitrogens with one attached hydrogen (secondary N) is 1. The summed E-state index contributed by atoms with van der Waals surface area (Å²) in [6.45, 7) is 0.677. The molecule has 1 saturated heterocycles. The van der Waals surface area contributed by atoms with E-state index in [1.165, 1.54) is 24.2 Å².